The molecule has 218 valence electrons. The number of benzene rings is 1. The van der Waals surface area contributed by atoms with E-state index in [1.165, 1.54) is 12.1 Å². The van der Waals surface area contributed by atoms with Gasteiger partial charge in [0.15, 0.2) is 0 Å². The average molecular weight is 570 g/mol. The molecule has 8 nitrogen and oxygen atoms in total. The van der Waals surface area contributed by atoms with Crippen LogP contribution < -0.4 is 0 Å². The van der Waals surface area contributed by atoms with E-state index in [9.17, 15) is 22.8 Å². The van der Waals surface area contributed by atoms with Gasteiger partial charge in [0, 0.05) is 58.2 Å². The van der Waals surface area contributed by atoms with Crippen LogP contribution in [-0.4, -0.2) is 81.0 Å². The second-order valence-electron chi connectivity index (χ2n) is 11.5. The number of piperazine rings is 1. The first-order chi connectivity index (χ1) is 19.4. The Labute approximate surface area is 237 Å². The molecule has 0 bridgehead atoms. The molecule has 0 unspecified atom stereocenters. The van der Waals surface area contributed by atoms with Gasteiger partial charge in [-0.2, -0.15) is 13.2 Å². The highest BCUT2D eigenvalue weighted by molar-refractivity contribution is 5.93. The van der Waals surface area contributed by atoms with Gasteiger partial charge in [-0.1, -0.05) is 18.2 Å². The van der Waals surface area contributed by atoms with E-state index in [0.29, 0.717) is 63.6 Å². The van der Waals surface area contributed by atoms with Crippen molar-refractivity contribution in [3.05, 3.63) is 77.3 Å². The maximum absolute atomic E-state index is 13.2. The van der Waals surface area contributed by atoms with E-state index in [1.54, 1.807) is 16.0 Å². The molecule has 41 heavy (non-hydrogen) atoms. The van der Waals surface area contributed by atoms with Crippen molar-refractivity contribution in [3.8, 4) is 0 Å². The minimum Gasteiger partial charge on any atom is -0.444 e. The number of aromatic nitrogens is 2. The summed E-state index contributed by atoms with van der Waals surface area (Å²) in [4.78, 5) is 35.7. The summed E-state index contributed by atoms with van der Waals surface area (Å²) in [7, 11) is 0. The second kappa shape index (κ2) is 11.2. The van der Waals surface area contributed by atoms with Crippen LogP contribution in [0.3, 0.4) is 0 Å². The molecule has 0 radical (unpaired) electrons. The minimum atomic E-state index is -4.34. The first kappa shape index (κ1) is 28.7. The molecule has 0 N–H and O–H groups in total. The molecule has 1 fully saturated rings. The third kappa shape index (κ3) is 6.90. The van der Waals surface area contributed by atoms with E-state index in [4.69, 9.17) is 4.74 Å². The Balaban J connectivity index is 1.17. The van der Waals surface area contributed by atoms with Crippen LogP contribution in [0.25, 0.3) is 11.2 Å². The number of ether oxygens (including phenoxy) is 1. The minimum absolute atomic E-state index is 0.144. The van der Waals surface area contributed by atoms with E-state index >= 15 is 0 Å². The molecule has 2 aromatic heterocycles. The Morgan fingerprint density at radius 2 is 1.61 bits per heavy atom. The van der Waals surface area contributed by atoms with Crippen LogP contribution in [0.4, 0.5) is 18.0 Å². The van der Waals surface area contributed by atoms with Gasteiger partial charge in [0.05, 0.1) is 5.56 Å². The van der Waals surface area contributed by atoms with Crippen molar-refractivity contribution in [1.82, 2.24) is 24.1 Å². The van der Waals surface area contributed by atoms with Crippen molar-refractivity contribution in [3.63, 3.8) is 0 Å². The highest BCUT2D eigenvalue weighted by Gasteiger charge is 2.30. The maximum Gasteiger partial charge on any atom is 0.416 e. The van der Waals surface area contributed by atoms with E-state index in [-0.39, 0.29) is 12.0 Å². The molecule has 2 aliphatic heterocycles. The van der Waals surface area contributed by atoms with Crippen molar-refractivity contribution >= 4 is 23.2 Å². The van der Waals surface area contributed by atoms with Crippen LogP contribution in [0.2, 0.25) is 0 Å². The Hall–Kier alpha value is -3.86. The highest BCUT2D eigenvalue weighted by Crippen LogP contribution is 2.29. The summed E-state index contributed by atoms with van der Waals surface area (Å²) in [6, 6.07) is 9.08. The van der Waals surface area contributed by atoms with Crippen LogP contribution in [0.15, 0.2) is 54.9 Å². The smallest absolute Gasteiger partial charge is 0.416 e. The van der Waals surface area contributed by atoms with Crippen molar-refractivity contribution in [2.45, 2.75) is 45.5 Å². The van der Waals surface area contributed by atoms with Crippen molar-refractivity contribution < 1.29 is 27.5 Å². The third-order valence-electron chi connectivity index (χ3n) is 7.25. The van der Waals surface area contributed by atoms with Crippen molar-refractivity contribution in [2.24, 2.45) is 0 Å². The normalized spacial score (nSPS) is 17.1. The molecule has 11 heteroatoms. The molecule has 0 spiro atoms. The van der Waals surface area contributed by atoms with Gasteiger partial charge < -0.3 is 18.9 Å². The second-order valence-corrected chi connectivity index (χ2v) is 11.5. The molecular weight excluding hydrogens is 535 g/mol. The Morgan fingerprint density at radius 3 is 2.22 bits per heavy atom. The first-order valence-electron chi connectivity index (χ1n) is 13.7. The molecular formula is C30H34F3N5O3. The lowest BCUT2D eigenvalue weighted by Gasteiger charge is -2.34. The molecule has 1 aromatic carbocycles. The van der Waals surface area contributed by atoms with Gasteiger partial charge >= 0.3 is 12.3 Å². The summed E-state index contributed by atoms with van der Waals surface area (Å²) in [5.41, 5.74) is 2.78. The fourth-order valence-corrected chi connectivity index (χ4v) is 5.04. The number of fused-ring (bicyclic) bond motifs is 1. The van der Waals surface area contributed by atoms with Gasteiger partial charge in [-0.15, -0.1) is 0 Å². The summed E-state index contributed by atoms with van der Waals surface area (Å²) in [6.45, 7) is 9.39. The Bertz CT molecular complexity index is 1450. The Morgan fingerprint density at radius 1 is 0.902 bits per heavy atom. The number of carbonyl (C=O) groups excluding carboxylic acids is 2. The van der Waals surface area contributed by atoms with Crippen LogP contribution in [-0.2, 0) is 17.5 Å². The topological polar surface area (TPSA) is 70.4 Å². The molecule has 4 heterocycles. The predicted molar refractivity (Wildman–Crippen MR) is 148 cm³/mol. The van der Waals surface area contributed by atoms with Gasteiger partial charge in [0.25, 0.3) is 5.91 Å². The van der Waals surface area contributed by atoms with Crippen LogP contribution >= 0.6 is 0 Å². The molecule has 5 rings (SSSR count). The number of hydrogen-bond donors (Lipinski definition) is 0. The van der Waals surface area contributed by atoms with Gasteiger partial charge in [-0.05, 0) is 68.2 Å². The molecule has 2 aliphatic rings. The fraction of sp³-hybridized carbons (Fsp3) is 0.433. The average Bonchev–Trinajstić information content (AvgIpc) is 3.36. The summed E-state index contributed by atoms with van der Waals surface area (Å²) in [5.74, 6) is -0.144. The number of alkyl halides is 3. The van der Waals surface area contributed by atoms with Crippen molar-refractivity contribution in [1.29, 1.82) is 0 Å². The lowest BCUT2D eigenvalue weighted by molar-refractivity contribution is -0.137. The zero-order valence-electron chi connectivity index (χ0n) is 23.4. The molecule has 0 saturated carbocycles. The third-order valence-corrected chi connectivity index (χ3v) is 7.25. The van der Waals surface area contributed by atoms with Gasteiger partial charge in [0.1, 0.15) is 16.9 Å². The monoisotopic (exact) mass is 569 g/mol. The molecule has 1 saturated heterocycles. The number of halogens is 3. The highest BCUT2D eigenvalue weighted by atomic mass is 19.4. The molecule has 2 amide bonds. The predicted octanol–water partition coefficient (Wildman–Crippen LogP) is 5.34. The van der Waals surface area contributed by atoms with Crippen molar-refractivity contribution in [2.75, 3.05) is 39.3 Å². The SMILES string of the molecule is CC(C)(C)OC(=O)N1CC=C(c2ccc3nc(C(=O)N4CCN(Cc5ccc(C(F)(F)F)cc5)CC4)cn3c2)CC1. The number of pyridine rings is 1. The van der Waals surface area contributed by atoms with Crippen LogP contribution in [0, 0.1) is 0 Å². The molecule has 3 aromatic rings. The number of carbonyl (C=O) groups is 2. The maximum atomic E-state index is 13.2. The summed E-state index contributed by atoms with van der Waals surface area (Å²) in [6.07, 6.45) is 1.76. The standard InChI is InChI=1S/C30H34F3N5O3/c1-29(2,3)41-28(40)37-12-10-22(11-13-37)23-6-9-26-34-25(20-38(26)19-23)27(39)36-16-14-35(15-17-36)18-21-4-7-24(8-5-21)30(31,32)33/h4-10,19-20H,11-18H2,1-3H3. The number of amides is 2. The van der Waals surface area contributed by atoms with E-state index in [2.05, 4.69) is 9.88 Å². The fourth-order valence-electron chi connectivity index (χ4n) is 5.04. The summed E-state index contributed by atoms with van der Waals surface area (Å²) < 4.78 is 45.8. The first-order valence-corrected chi connectivity index (χ1v) is 13.7. The lowest BCUT2D eigenvalue weighted by Crippen LogP contribution is -2.48. The largest absolute Gasteiger partial charge is 0.444 e. The Kier molecular flexibility index (Phi) is 7.83. The number of rotatable bonds is 4. The van der Waals surface area contributed by atoms with Gasteiger partial charge in [-0.3, -0.25) is 9.69 Å². The van der Waals surface area contributed by atoms with Crippen LogP contribution in [0.5, 0.6) is 0 Å². The lowest BCUT2D eigenvalue weighted by atomic mass is 10.0. The number of nitrogens with zero attached hydrogens (tertiary/aromatic N) is 5. The quantitative estimate of drug-likeness (QED) is 0.425. The molecule has 0 aliphatic carbocycles. The number of hydrogen-bond acceptors (Lipinski definition) is 5. The van der Waals surface area contributed by atoms with E-state index < -0.39 is 17.3 Å². The van der Waals surface area contributed by atoms with Gasteiger partial charge in [0.2, 0.25) is 0 Å². The van der Waals surface area contributed by atoms with Gasteiger partial charge in [-0.25, -0.2) is 9.78 Å². The van der Waals surface area contributed by atoms with E-state index in [1.807, 2.05) is 49.6 Å². The summed E-state index contributed by atoms with van der Waals surface area (Å²) in [5, 5.41) is 0. The zero-order valence-corrected chi connectivity index (χ0v) is 23.4. The zero-order chi connectivity index (χ0) is 29.4. The summed E-state index contributed by atoms with van der Waals surface area (Å²) >= 11 is 0. The molecule has 0 atom stereocenters. The van der Waals surface area contributed by atoms with Crippen LogP contribution in [0.1, 0.15) is 54.4 Å². The number of imidazole rings is 1. The van der Waals surface area contributed by atoms with E-state index in [0.717, 1.165) is 28.8 Å².